The predicted molar refractivity (Wildman–Crippen MR) is 71.1 cm³/mol. The van der Waals surface area contributed by atoms with Gasteiger partial charge in [0.1, 0.15) is 5.75 Å². The summed E-state index contributed by atoms with van der Waals surface area (Å²) in [6.07, 6.45) is 5.38. The average Bonchev–Trinajstić information content (AvgIpc) is 2.63. The largest absolute Gasteiger partial charge is 0.497 e. The maximum Gasteiger partial charge on any atom is 0.121 e. The van der Waals surface area contributed by atoms with Crippen molar-refractivity contribution in [1.82, 2.24) is 0 Å². The Bertz CT molecular complexity index is 405. The van der Waals surface area contributed by atoms with Crippen molar-refractivity contribution in [3.63, 3.8) is 0 Å². The van der Waals surface area contributed by atoms with E-state index in [2.05, 4.69) is 28.4 Å². The molecule has 3 heteroatoms. The van der Waals surface area contributed by atoms with Crippen molar-refractivity contribution < 1.29 is 4.74 Å². The van der Waals surface area contributed by atoms with Crippen LogP contribution in [0.3, 0.4) is 0 Å². The predicted octanol–water partition coefficient (Wildman–Crippen LogP) is 2.87. The van der Waals surface area contributed by atoms with Crippen LogP contribution in [0, 0.1) is 0 Å². The van der Waals surface area contributed by atoms with Gasteiger partial charge in [-0.05, 0) is 25.0 Å². The molecule has 2 aliphatic rings. The molecule has 0 bridgehead atoms. The molecule has 0 spiro atoms. The van der Waals surface area contributed by atoms with E-state index in [4.69, 9.17) is 4.74 Å². The summed E-state index contributed by atoms with van der Waals surface area (Å²) in [4.78, 5) is 2.58. The molecular weight excluding hydrogens is 212 g/mol. The Morgan fingerprint density at radius 1 is 1.29 bits per heavy atom. The van der Waals surface area contributed by atoms with E-state index in [1.54, 1.807) is 7.11 Å². The van der Waals surface area contributed by atoms with Crippen molar-refractivity contribution in [2.75, 3.05) is 30.4 Å². The first-order valence-corrected chi connectivity index (χ1v) is 6.57. The number of methoxy groups -OCH3 is 1. The summed E-state index contributed by atoms with van der Waals surface area (Å²) in [7, 11) is 1.72. The van der Waals surface area contributed by atoms with Crippen LogP contribution in [-0.4, -0.2) is 26.2 Å². The number of anilines is 2. The molecule has 92 valence electrons. The number of nitrogens with one attached hydrogen (secondary N) is 1. The Morgan fingerprint density at radius 3 is 3.12 bits per heavy atom. The van der Waals surface area contributed by atoms with Crippen LogP contribution in [0.1, 0.15) is 25.7 Å². The zero-order chi connectivity index (χ0) is 11.7. The molecule has 0 aliphatic carbocycles. The smallest absolute Gasteiger partial charge is 0.121 e. The van der Waals surface area contributed by atoms with E-state index < -0.39 is 0 Å². The molecular formula is C14H20N2O. The summed E-state index contributed by atoms with van der Waals surface area (Å²) in [5.74, 6) is 0.935. The number of hydrogen-bond acceptors (Lipinski definition) is 3. The zero-order valence-corrected chi connectivity index (χ0v) is 10.4. The first-order valence-electron chi connectivity index (χ1n) is 6.57. The monoisotopic (exact) mass is 232 g/mol. The van der Waals surface area contributed by atoms with E-state index in [9.17, 15) is 0 Å². The van der Waals surface area contributed by atoms with Crippen LogP contribution in [0.25, 0.3) is 0 Å². The van der Waals surface area contributed by atoms with E-state index in [1.165, 1.54) is 43.6 Å². The van der Waals surface area contributed by atoms with Crippen molar-refractivity contribution >= 4 is 11.4 Å². The molecule has 1 fully saturated rings. The second-order valence-corrected chi connectivity index (χ2v) is 4.96. The second-order valence-electron chi connectivity index (χ2n) is 4.96. The van der Waals surface area contributed by atoms with Crippen molar-refractivity contribution in [3.05, 3.63) is 18.2 Å². The van der Waals surface area contributed by atoms with Gasteiger partial charge in [-0.1, -0.05) is 12.8 Å². The van der Waals surface area contributed by atoms with Gasteiger partial charge in [-0.15, -0.1) is 0 Å². The molecule has 1 atom stereocenters. The van der Waals surface area contributed by atoms with Crippen LogP contribution in [0.5, 0.6) is 5.75 Å². The maximum absolute atomic E-state index is 5.28. The topological polar surface area (TPSA) is 24.5 Å². The molecule has 3 nitrogen and oxygen atoms in total. The van der Waals surface area contributed by atoms with Gasteiger partial charge in [-0.2, -0.15) is 0 Å². The van der Waals surface area contributed by atoms with E-state index in [1.807, 2.05) is 0 Å². The first-order chi connectivity index (χ1) is 8.38. The highest BCUT2D eigenvalue weighted by molar-refractivity contribution is 5.74. The summed E-state index contributed by atoms with van der Waals surface area (Å²) in [6, 6.07) is 7.04. The van der Waals surface area contributed by atoms with Crippen LogP contribution in [0.4, 0.5) is 11.4 Å². The third kappa shape index (κ3) is 1.94. The van der Waals surface area contributed by atoms with Gasteiger partial charge >= 0.3 is 0 Å². The highest BCUT2D eigenvalue weighted by Crippen LogP contribution is 2.36. The fraction of sp³-hybridized carbons (Fsp3) is 0.571. The lowest BCUT2D eigenvalue weighted by molar-refractivity contribution is 0.414. The lowest BCUT2D eigenvalue weighted by Crippen LogP contribution is -2.43. The lowest BCUT2D eigenvalue weighted by atomic mass is 10.1. The molecule has 0 amide bonds. The first kappa shape index (κ1) is 10.8. The van der Waals surface area contributed by atoms with Crippen LogP contribution in [-0.2, 0) is 0 Å². The van der Waals surface area contributed by atoms with Gasteiger partial charge in [0.05, 0.1) is 18.5 Å². The lowest BCUT2D eigenvalue weighted by Gasteiger charge is -2.38. The molecule has 1 unspecified atom stereocenters. The average molecular weight is 232 g/mol. The Labute approximate surface area is 103 Å². The SMILES string of the molecule is COc1ccc2c(c1)NCC1CCCCCN21. The number of ether oxygens (including phenoxy) is 1. The minimum atomic E-state index is 0.679. The molecule has 1 aromatic rings. The number of hydrogen-bond donors (Lipinski definition) is 1. The van der Waals surface area contributed by atoms with E-state index in [-0.39, 0.29) is 0 Å². The van der Waals surface area contributed by atoms with Gasteiger partial charge in [0.2, 0.25) is 0 Å². The van der Waals surface area contributed by atoms with Gasteiger partial charge in [-0.25, -0.2) is 0 Å². The molecule has 0 saturated carbocycles. The number of nitrogens with zero attached hydrogens (tertiary/aromatic N) is 1. The highest BCUT2D eigenvalue weighted by atomic mass is 16.5. The number of rotatable bonds is 1. The van der Waals surface area contributed by atoms with Crippen molar-refractivity contribution in [2.24, 2.45) is 0 Å². The number of fused-ring (bicyclic) bond motifs is 3. The zero-order valence-electron chi connectivity index (χ0n) is 10.4. The van der Waals surface area contributed by atoms with E-state index in [0.717, 1.165) is 12.3 Å². The van der Waals surface area contributed by atoms with Gasteiger partial charge < -0.3 is 15.0 Å². The van der Waals surface area contributed by atoms with Crippen LogP contribution >= 0.6 is 0 Å². The molecule has 3 rings (SSSR count). The van der Waals surface area contributed by atoms with Crippen molar-refractivity contribution in [2.45, 2.75) is 31.7 Å². The van der Waals surface area contributed by atoms with Crippen LogP contribution < -0.4 is 15.0 Å². The fourth-order valence-corrected chi connectivity index (χ4v) is 2.97. The van der Waals surface area contributed by atoms with Gasteiger partial charge in [0, 0.05) is 25.2 Å². The van der Waals surface area contributed by atoms with Crippen molar-refractivity contribution in [3.8, 4) is 5.75 Å². The standard InChI is InChI=1S/C14H20N2O/c1-17-12-6-7-14-13(9-12)15-10-11-5-3-2-4-8-16(11)14/h6-7,9,11,15H,2-5,8,10H2,1H3. The summed E-state index contributed by atoms with van der Waals surface area (Å²) < 4.78 is 5.28. The minimum absolute atomic E-state index is 0.679. The number of benzene rings is 1. The van der Waals surface area contributed by atoms with Crippen LogP contribution in [0.15, 0.2) is 18.2 Å². The summed E-state index contributed by atoms with van der Waals surface area (Å²) in [5, 5.41) is 3.54. The minimum Gasteiger partial charge on any atom is -0.497 e. The van der Waals surface area contributed by atoms with Gasteiger partial charge in [0.15, 0.2) is 0 Å². The third-order valence-corrected chi connectivity index (χ3v) is 3.92. The second kappa shape index (κ2) is 4.47. The molecule has 1 saturated heterocycles. The Hall–Kier alpha value is -1.38. The maximum atomic E-state index is 5.28. The Kier molecular flexibility index (Phi) is 2.83. The molecule has 2 aliphatic heterocycles. The molecule has 1 N–H and O–H groups in total. The van der Waals surface area contributed by atoms with Crippen molar-refractivity contribution in [1.29, 1.82) is 0 Å². The van der Waals surface area contributed by atoms with Crippen LogP contribution in [0.2, 0.25) is 0 Å². The third-order valence-electron chi connectivity index (χ3n) is 3.92. The van der Waals surface area contributed by atoms with Gasteiger partial charge in [0.25, 0.3) is 0 Å². The molecule has 2 heterocycles. The Balaban J connectivity index is 1.94. The molecule has 1 aromatic carbocycles. The fourth-order valence-electron chi connectivity index (χ4n) is 2.97. The molecule has 17 heavy (non-hydrogen) atoms. The van der Waals surface area contributed by atoms with Gasteiger partial charge in [-0.3, -0.25) is 0 Å². The normalized spacial score (nSPS) is 23.1. The Morgan fingerprint density at radius 2 is 2.24 bits per heavy atom. The highest BCUT2D eigenvalue weighted by Gasteiger charge is 2.27. The summed E-state index contributed by atoms with van der Waals surface area (Å²) in [5.41, 5.74) is 2.58. The quantitative estimate of drug-likeness (QED) is 0.805. The summed E-state index contributed by atoms with van der Waals surface area (Å²) >= 11 is 0. The molecule has 0 aromatic heterocycles. The van der Waals surface area contributed by atoms with E-state index in [0.29, 0.717) is 6.04 Å². The summed E-state index contributed by atoms with van der Waals surface area (Å²) in [6.45, 7) is 2.27. The van der Waals surface area contributed by atoms with E-state index >= 15 is 0 Å². The molecule has 0 radical (unpaired) electrons.